The van der Waals surface area contributed by atoms with E-state index in [0.717, 1.165) is 45.3 Å². The lowest BCUT2D eigenvalue weighted by molar-refractivity contribution is -0.124. The Hall–Kier alpha value is -4.65. The number of carbonyl (C=O) groups excluding carboxylic acids is 2. The molecule has 6 rings (SSSR count). The van der Waals surface area contributed by atoms with Gasteiger partial charge in [-0.1, -0.05) is 54.6 Å². The summed E-state index contributed by atoms with van der Waals surface area (Å²) in [6.07, 6.45) is 3.59. The summed E-state index contributed by atoms with van der Waals surface area (Å²) in [4.78, 5) is 30.7. The zero-order chi connectivity index (χ0) is 25.2. The molecule has 3 aromatic carbocycles. The highest BCUT2D eigenvalue weighted by Gasteiger charge is 2.28. The lowest BCUT2D eigenvalue weighted by atomic mass is 10.0. The zero-order valence-corrected chi connectivity index (χ0v) is 20.0. The Labute approximate surface area is 213 Å². The SMILES string of the molecule is O=C(COC(=O)c1c2c(nc3ccccc13)/C(=C\c1ccccc1)CC2)NCc1ccc2c(c1)OCO2. The third-order valence-electron chi connectivity index (χ3n) is 6.55. The minimum atomic E-state index is -0.519. The number of ether oxygens (including phenoxy) is 3. The van der Waals surface area contributed by atoms with E-state index in [1.807, 2.05) is 66.7 Å². The average molecular weight is 493 g/mol. The first kappa shape index (κ1) is 22.8. The van der Waals surface area contributed by atoms with Crippen molar-refractivity contribution in [1.82, 2.24) is 10.3 Å². The van der Waals surface area contributed by atoms with Crippen LogP contribution in [-0.4, -0.2) is 30.3 Å². The van der Waals surface area contributed by atoms with Gasteiger partial charge in [0.2, 0.25) is 6.79 Å². The topological polar surface area (TPSA) is 86.8 Å². The van der Waals surface area contributed by atoms with Gasteiger partial charge in [-0.2, -0.15) is 0 Å². The number of nitrogens with one attached hydrogen (secondary N) is 1. The van der Waals surface area contributed by atoms with E-state index in [1.165, 1.54) is 0 Å². The van der Waals surface area contributed by atoms with Gasteiger partial charge in [0.25, 0.3) is 5.91 Å². The van der Waals surface area contributed by atoms with Crippen molar-refractivity contribution in [2.45, 2.75) is 19.4 Å². The van der Waals surface area contributed by atoms with Crippen LogP contribution in [0.5, 0.6) is 11.5 Å². The van der Waals surface area contributed by atoms with Crippen molar-refractivity contribution in [3.05, 3.63) is 101 Å². The monoisotopic (exact) mass is 492 g/mol. The number of hydrogen-bond acceptors (Lipinski definition) is 6. The molecule has 2 heterocycles. The van der Waals surface area contributed by atoms with Crippen molar-refractivity contribution in [2.24, 2.45) is 0 Å². The van der Waals surface area contributed by atoms with Gasteiger partial charge in [0, 0.05) is 11.9 Å². The van der Waals surface area contributed by atoms with Crippen molar-refractivity contribution in [2.75, 3.05) is 13.4 Å². The Bertz CT molecular complexity index is 1540. The predicted octanol–water partition coefficient (Wildman–Crippen LogP) is 4.92. The molecule has 37 heavy (non-hydrogen) atoms. The molecular weight excluding hydrogens is 468 g/mol. The number of carbonyl (C=O) groups is 2. The number of nitrogens with zero attached hydrogens (tertiary/aromatic N) is 1. The number of aromatic nitrogens is 1. The number of pyridine rings is 1. The maximum Gasteiger partial charge on any atom is 0.339 e. The molecule has 1 amide bonds. The van der Waals surface area contributed by atoms with Gasteiger partial charge in [-0.05, 0) is 59.4 Å². The van der Waals surface area contributed by atoms with E-state index < -0.39 is 5.97 Å². The first-order chi connectivity index (χ1) is 18.2. The van der Waals surface area contributed by atoms with Gasteiger partial charge in [0.15, 0.2) is 18.1 Å². The van der Waals surface area contributed by atoms with Crippen molar-refractivity contribution < 1.29 is 23.8 Å². The molecule has 4 aromatic rings. The Morgan fingerprint density at radius 3 is 2.65 bits per heavy atom. The van der Waals surface area contributed by atoms with Crippen LogP contribution in [0.3, 0.4) is 0 Å². The fraction of sp³-hybridized carbons (Fsp3) is 0.167. The molecule has 7 nitrogen and oxygen atoms in total. The van der Waals surface area contributed by atoms with Crippen LogP contribution in [0.1, 0.15) is 39.2 Å². The second-order valence-electron chi connectivity index (χ2n) is 8.95. The smallest absolute Gasteiger partial charge is 0.339 e. The molecule has 0 fully saturated rings. The highest BCUT2D eigenvalue weighted by atomic mass is 16.7. The molecule has 1 aliphatic heterocycles. The quantitative estimate of drug-likeness (QED) is 0.385. The van der Waals surface area contributed by atoms with Crippen LogP contribution in [0.2, 0.25) is 0 Å². The average Bonchev–Trinajstić information content (AvgIpc) is 3.56. The molecule has 0 atom stereocenters. The Kier molecular flexibility index (Phi) is 6.02. The van der Waals surface area contributed by atoms with Crippen molar-refractivity contribution in [3.8, 4) is 11.5 Å². The van der Waals surface area contributed by atoms with E-state index in [2.05, 4.69) is 11.4 Å². The number of esters is 1. The Morgan fingerprint density at radius 1 is 0.946 bits per heavy atom. The summed E-state index contributed by atoms with van der Waals surface area (Å²) in [6, 6.07) is 23.1. The summed E-state index contributed by atoms with van der Waals surface area (Å²) in [7, 11) is 0. The summed E-state index contributed by atoms with van der Waals surface area (Å²) in [5.41, 5.74) is 5.93. The van der Waals surface area contributed by atoms with Gasteiger partial charge < -0.3 is 19.5 Å². The van der Waals surface area contributed by atoms with E-state index in [9.17, 15) is 9.59 Å². The predicted molar refractivity (Wildman–Crippen MR) is 139 cm³/mol. The molecule has 0 saturated heterocycles. The number of para-hydroxylation sites is 1. The van der Waals surface area contributed by atoms with Gasteiger partial charge in [-0.25, -0.2) is 9.78 Å². The molecule has 0 radical (unpaired) electrons. The normalized spacial score (nSPS) is 14.5. The van der Waals surface area contributed by atoms with Crippen molar-refractivity contribution in [3.63, 3.8) is 0 Å². The first-order valence-electron chi connectivity index (χ1n) is 12.2. The minimum absolute atomic E-state index is 0.192. The largest absolute Gasteiger partial charge is 0.454 e. The van der Waals surface area contributed by atoms with E-state index in [0.29, 0.717) is 23.5 Å². The molecule has 1 N–H and O–H groups in total. The Balaban J connectivity index is 1.20. The molecule has 1 aliphatic carbocycles. The highest BCUT2D eigenvalue weighted by Crippen LogP contribution is 2.38. The lowest BCUT2D eigenvalue weighted by Crippen LogP contribution is -2.28. The zero-order valence-electron chi connectivity index (χ0n) is 20.0. The van der Waals surface area contributed by atoms with Crippen LogP contribution in [0.4, 0.5) is 0 Å². The molecule has 0 bridgehead atoms. The number of fused-ring (bicyclic) bond motifs is 3. The Morgan fingerprint density at radius 2 is 1.76 bits per heavy atom. The molecule has 0 unspecified atom stereocenters. The standard InChI is InChI=1S/C30H24N2O5/c33-27(31-16-20-10-13-25-26(15-20)37-18-36-25)17-35-30(34)28-22-8-4-5-9-24(22)32-29-21(11-12-23(28)29)14-19-6-2-1-3-7-19/h1-10,13-15H,11-12,16-18H2,(H,31,33)/b21-14-. The number of allylic oxidation sites excluding steroid dienone is 1. The molecular formula is C30H24N2O5. The first-order valence-corrected chi connectivity index (χ1v) is 12.2. The third-order valence-corrected chi connectivity index (χ3v) is 6.55. The summed E-state index contributed by atoms with van der Waals surface area (Å²) in [5, 5.41) is 3.52. The fourth-order valence-corrected chi connectivity index (χ4v) is 4.77. The van der Waals surface area contributed by atoms with Gasteiger partial charge in [0.05, 0.1) is 16.8 Å². The maximum absolute atomic E-state index is 13.3. The summed E-state index contributed by atoms with van der Waals surface area (Å²) < 4.78 is 16.2. The van der Waals surface area contributed by atoms with Gasteiger partial charge in [-0.3, -0.25) is 4.79 Å². The third kappa shape index (κ3) is 4.63. The minimum Gasteiger partial charge on any atom is -0.454 e. The molecule has 0 spiro atoms. The van der Waals surface area contributed by atoms with Crippen LogP contribution in [0.15, 0.2) is 72.8 Å². The van der Waals surface area contributed by atoms with Crippen LogP contribution in [-0.2, 0) is 22.5 Å². The second-order valence-corrected chi connectivity index (χ2v) is 8.95. The maximum atomic E-state index is 13.3. The highest BCUT2D eigenvalue weighted by molar-refractivity contribution is 6.07. The second kappa shape index (κ2) is 9.78. The van der Waals surface area contributed by atoms with E-state index >= 15 is 0 Å². The summed E-state index contributed by atoms with van der Waals surface area (Å²) in [6.45, 7) is 0.105. The van der Waals surface area contributed by atoms with Gasteiger partial charge in [0.1, 0.15) is 0 Å². The van der Waals surface area contributed by atoms with Crippen LogP contribution >= 0.6 is 0 Å². The van der Waals surface area contributed by atoms with E-state index in [-0.39, 0.29) is 25.9 Å². The summed E-state index contributed by atoms with van der Waals surface area (Å²) >= 11 is 0. The molecule has 0 saturated carbocycles. The van der Waals surface area contributed by atoms with Crippen LogP contribution in [0, 0.1) is 0 Å². The fourth-order valence-electron chi connectivity index (χ4n) is 4.77. The van der Waals surface area contributed by atoms with E-state index in [1.54, 1.807) is 6.07 Å². The number of amides is 1. The van der Waals surface area contributed by atoms with E-state index in [4.69, 9.17) is 19.2 Å². The van der Waals surface area contributed by atoms with Crippen LogP contribution in [0.25, 0.3) is 22.6 Å². The molecule has 7 heteroatoms. The van der Waals surface area contributed by atoms with Crippen molar-refractivity contribution in [1.29, 1.82) is 0 Å². The van der Waals surface area contributed by atoms with Gasteiger partial charge in [-0.15, -0.1) is 0 Å². The molecule has 184 valence electrons. The number of rotatable bonds is 6. The van der Waals surface area contributed by atoms with Crippen molar-refractivity contribution >= 4 is 34.4 Å². The number of hydrogen-bond donors (Lipinski definition) is 1. The summed E-state index contributed by atoms with van der Waals surface area (Å²) in [5.74, 6) is 0.430. The molecule has 2 aliphatic rings. The molecule has 1 aromatic heterocycles. The van der Waals surface area contributed by atoms with Gasteiger partial charge >= 0.3 is 5.97 Å². The lowest BCUT2D eigenvalue weighted by Gasteiger charge is -2.12. The number of benzene rings is 3. The van der Waals surface area contributed by atoms with Crippen LogP contribution < -0.4 is 14.8 Å².